The van der Waals surface area contributed by atoms with E-state index in [0.29, 0.717) is 0 Å². The van der Waals surface area contributed by atoms with Crippen LogP contribution in [0.25, 0.3) is 10.9 Å². The van der Waals surface area contributed by atoms with Gasteiger partial charge in [0.1, 0.15) is 12.7 Å². The maximum atomic E-state index is 12.7. The van der Waals surface area contributed by atoms with Crippen molar-refractivity contribution in [3.05, 3.63) is 58.4 Å². The van der Waals surface area contributed by atoms with Gasteiger partial charge in [-0.15, -0.1) is 0 Å². The molecule has 146 valence electrons. The number of para-hydroxylation sites is 1. The molecule has 1 aromatic carbocycles. The number of benzene rings is 1. The van der Waals surface area contributed by atoms with E-state index in [4.69, 9.17) is 0 Å². The smallest absolute Gasteiger partial charge is 0.251 e. The Hall–Kier alpha value is -2.51. The molecule has 0 N–H and O–H groups in total. The fourth-order valence-electron chi connectivity index (χ4n) is 4.57. The highest BCUT2D eigenvalue weighted by atomic mass is 16.1. The van der Waals surface area contributed by atoms with Crippen molar-refractivity contribution in [2.24, 2.45) is 0 Å². The summed E-state index contributed by atoms with van der Waals surface area (Å²) in [4.78, 5) is 21.6. The second-order valence-electron chi connectivity index (χ2n) is 7.85. The number of rotatable bonds is 5. The lowest BCUT2D eigenvalue weighted by atomic mass is 9.98. The number of pyridine rings is 1. The molecule has 1 saturated heterocycles. The van der Waals surface area contributed by atoms with Gasteiger partial charge in [-0.2, -0.15) is 5.10 Å². The summed E-state index contributed by atoms with van der Waals surface area (Å²) in [6.07, 6.45) is 5.49. The number of nitrogens with zero attached hydrogens (tertiary/aromatic N) is 6. The fourth-order valence-corrected chi connectivity index (χ4v) is 4.57. The van der Waals surface area contributed by atoms with Crippen molar-refractivity contribution in [2.75, 3.05) is 32.7 Å². The highest BCUT2D eigenvalue weighted by molar-refractivity contribution is 5.86. The van der Waals surface area contributed by atoms with E-state index in [1.54, 1.807) is 12.7 Å². The van der Waals surface area contributed by atoms with Crippen molar-refractivity contribution in [3.63, 3.8) is 0 Å². The van der Waals surface area contributed by atoms with Gasteiger partial charge < -0.3 is 4.57 Å². The first kappa shape index (κ1) is 17.6. The monoisotopic (exact) mass is 378 g/mol. The summed E-state index contributed by atoms with van der Waals surface area (Å²) in [5.41, 5.74) is 3.82. The number of hydrogen-bond donors (Lipinski definition) is 0. The molecule has 0 aliphatic carbocycles. The highest BCUT2D eigenvalue weighted by Crippen LogP contribution is 2.26. The maximum Gasteiger partial charge on any atom is 0.251 e. The van der Waals surface area contributed by atoms with E-state index in [1.165, 1.54) is 22.0 Å². The van der Waals surface area contributed by atoms with E-state index in [9.17, 15) is 4.79 Å². The molecule has 0 bridgehead atoms. The predicted molar refractivity (Wildman–Crippen MR) is 108 cm³/mol. The predicted octanol–water partition coefficient (Wildman–Crippen LogP) is 1.36. The van der Waals surface area contributed by atoms with E-state index in [0.717, 1.165) is 65.2 Å². The minimum Gasteiger partial charge on any atom is -0.308 e. The first-order valence-electron chi connectivity index (χ1n) is 10.2. The van der Waals surface area contributed by atoms with Crippen LogP contribution in [-0.2, 0) is 26.1 Å². The lowest BCUT2D eigenvalue weighted by Gasteiger charge is -2.35. The summed E-state index contributed by atoms with van der Waals surface area (Å²) < 4.78 is 3.86. The van der Waals surface area contributed by atoms with Crippen LogP contribution in [0.2, 0.25) is 0 Å². The number of hydrogen-bond acceptors (Lipinski definition) is 5. The molecule has 4 heterocycles. The maximum absolute atomic E-state index is 12.7. The van der Waals surface area contributed by atoms with Gasteiger partial charge in [-0.1, -0.05) is 18.2 Å². The summed E-state index contributed by atoms with van der Waals surface area (Å²) in [5.74, 6) is 0. The lowest BCUT2D eigenvalue weighted by molar-refractivity contribution is 0.123. The normalized spacial score (nSPS) is 18.0. The van der Waals surface area contributed by atoms with Gasteiger partial charge in [0.2, 0.25) is 0 Å². The molecular formula is C21H26N6O. The molecule has 0 spiro atoms. The third-order valence-corrected chi connectivity index (χ3v) is 6.10. The van der Waals surface area contributed by atoms with Crippen LogP contribution in [0.4, 0.5) is 0 Å². The summed E-state index contributed by atoms with van der Waals surface area (Å²) in [5, 5.41) is 5.43. The van der Waals surface area contributed by atoms with Gasteiger partial charge in [-0.25, -0.2) is 4.98 Å². The number of aromatic nitrogens is 4. The van der Waals surface area contributed by atoms with E-state index in [-0.39, 0.29) is 5.56 Å². The number of aryl methyl sites for hydroxylation is 2. The summed E-state index contributed by atoms with van der Waals surface area (Å²) in [7, 11) is 0. The average molecular weight is 378 g/mol. The molecule has 7 nitrogen and oxygen atoms in total. The zero-order valence-electron chi connectivity index (χ0n) is 16.1. The van der Waals surface area contributed by atoms with E-state index < -0.39 is 0 Å². The Morgan fingerprint density at radius 1 is 1.00 bits per heavy atom. The van der Waals surface area contributed by atoms with Gasteiger partial charge in [0, 0.05) is 57.3 Å². The Morgan fingerprint density at radius 2 is 1.86 bits per heavy atom. The molecule has 0 unspecified atom stereocenters. The quantitative estimate of drug-likeness (QED) is 0.671. The molecule has 0 amide bonds. The first-order chi connectivity index (χ1) is 13.8. The van der Waals surface area contributed by atoms with Crippen LogP contribution >= 0.6 is 0 Å². The summed E-state index contributed by atoms with van der Waals surface area (Å²) in [6.45, 7) is 7.74. The van der Waals surface area contributed by atoms with Gasteiger partial charge in [0.15, 0.2) is 0 Å². The van der Waals surface area contributed by atoms with Crippen molar-refractivity contribution in [3.8, 4) is 0 Å². The average Bonchev–Trinajstić information content (AvgIpc) is 3.25. The molecule has 2 aliphatic rings. The van der Waals surface area contributed by atoms with Crippen LogP contribution < -0.4 is 5.56 Å². The third-order valence-electron chi connectivity index (χ3n) is 6.10. The Bertz CT molecular complexity index is 1020. The third kappa shape index (κ3) is 3.36. The molecular weight excluding hydrogens is 352 g/mol. The minimum absolute atomic E-state index is 0.154. The standard InChI is InChI=1S/C21H26N6O/c28-20-13-18(19-5-1-3-17-4-2-6-27(20)21(17)19)14-25-9-7-24(8-10-25)11-12-26-16-22-15-23-26/h1,3,5,13,15-16H,2,4,6-12,14H2. The van der Waals surface area contributed by atoms with E-state index in [2.05, 4.69) is 38.1 Å². The Morgan fingerprint density at radius 3 is 2.68 bits per heavy atom. The second-order valence-corrected chi connectivity index (χ2v) is 7.85. The van der Waals surface area contributed by atoms with Gasteiger partial charge in [-0.3, -0.25) is 19.3 Å². The molecule has 2 aromatic heterocycles. The minimum atomic E-state index is 0.154. The first-order valence-corrected chi connectivity index (χ1v) is 10.2. The van der Waals surface area contributed by atoms with E-state index >= 15 is 0 Å². The molecule has 2 aliphatic heterocycles. The van der Waals surface area contributed by atoms with Gasteiger partial charge in [0.05, 0.1) is 12.1 Å². The SMILES string of the molecule is O=c1cc(CN2CCN(CCn3cncn3)CC2)c2cccc3c2n1CCC3. The molecule has 7 heteroatoms. The molecule has 1 fully saturated rings. The molecule has 0 atom stereocenters. The van der Waals surface area contributed by atoms with Gasteiger partial charge in [-0.05, 0) is 24.0 Å². The molecule has 28 heavy (non-hydrogen) atoms. The van der Waals surface area contributed by atoms with Crippen molar-refractivity contribution in [1.29, 1.82) is 0 Å². The van der Waals surface area contributed by atoms with Crippen molar-refractivity contribution in [1.82, 2.24) is 29.1 Å². The van der Waals surface area contributed by atoms with Crippen LogP contribution in [0.15, 0.2) is 41.7 Å². The Kier molecular flexibility index (Phi) is 4.70. The van der Waals surface area contributed by atoms with E-state index in [1.807, 2.05) is 15.3 Å². The van der Waals surface area contributed by atoms with Crippen LogP contribution in [0, 0.1) is 0 Å². The zero-order valence-corrected chi connectivity index (χ0v) is 16.1. The van der Waals surface area contributed by atoms with Crippen LogP contribution in [-0.4, -0.2) is 61.9 Å². The molecule has 5 rings (SSSR count). The van der Waals surface area contributed by atoms with Crippen LogP contribution in [0.5, 0.6) is 0 Å². The largest absolute Gasteiger partial charge is 0.308 e. The Balaban J connectivity index is 1.28. The summed E-state index contributed by atoms with van der Waals surface area (Å²) in [6, 6.07) is 8.37. The lowest BCUT2D eigenvalue weighted by Crippen LogP contribution is -2.46. The van der Waals surface area contributed by atoms with Gasteiger partial charge >= 0.3 is 0 Å². The second kappa shape index (κ2) is 7.48. The van der Waals surface area contributed by atoms with Crippen molar-refractivity contribution < 1.29 is 0 Å². The molecule has 0 saturated carbocycles. The van der Waals surface area contributed by atoms with Crippen LogP contribution in [0.3, 0.4) is 0 Å². The van der Waals surface area contributed by atoms with Gasteiger partial charge in [0.25, 0.3) is 5.56 Å². The Labute approximate surface area is 164 Å². The molecule has 3 aromatic rings. The fraction of sp³-hybridized carbons (Fsp3) is 0.476. The van der Waals surface area contributed by atoms with Crippen molar-refractivity contribution >= 4 is 10.9 Å². The van der Waals surface area contributed by atoms with Crippen LogP contribution in [0.1, 0.15) is 17.5 Å². The topological polar surface area (TPSA) is 59.2 Å². The van der Waals surface area contributed by atoms with Crippen molar-refractivity contribution in [2.45, 2.75) is 32.5 Å². The summed E-state index contributed by atoms with van der Waals surface area (Å²) >= 11 is 0. The molecule has 0 radical (unpaired) electrons. The zero-order chi connectivity index (χ0) is 18.9. The highest BCUT2D eigenvalue weighted by Gasteiger charge is 2.20. The number of piperazine rings is 1.